The minimum Gasteiger partial charge on any atom is -0.481 e. The molecule has 1 aromatic carbocycles. The molecule has 1 aliphatic rings. The van der Waals surface area contributed by atoms with Crippen LogP contribution in [-0.2, 0) is 4.79 Å². The molecule has 3 rings (SSSR count). The Morgan fingerprint density at radius 1 is 1.40 bits per heavy atom. The van der Waals surface area contributed by atoms with Gasteiger partial charge in [-0.25, -0.2) is 4.98 Å². The normalized spacial score (nSPS) is 19.2. The summed E-state index contributed by atoms with van der Waals surface area (Å²) >= 11 is 0. The maximum absolute atomic E-state index is 12.4. The fourth-order valence-electron chi connectivity index (χ4n) is 2.61. The van der Waals surface area contributed by atoms with Crippen LogP contribution in [0.4, 0.5) is 0 Å². The highest BCUT2D eigenvalue weighted by Crippen LogP contribution is 2.20. The van der Waals surface area contributed by atoms with Crippen molar-refractivity contribution in [1.29, 1.82) is 0 Å². The van der Waals surface area contributed by atoms with Crippen LogP contribution in [0.15, 0.2) is 24.5 Å². The number of carboxylic acids is 1. The van der Waals surface area contributed by atoms with Gasteiger partial charge < -0.3 is 15.0 Å². The van der Waals surface area contributed by atoms with Crippen LogP contribution in [0.1, 0.15) is 23.2 Å². The van der Waals surface area contributed by atoms with Crippen LogP contribution in [0, 0.1) is 5.92 Å². The Hall–Kier alpha value is -2.37. The molecule has 1 amide bonds. The molecule has 2 heterocycles. The molecule has 1 aliphatic heterocycles. The maximum Gasteiger partial charge on any atom is 0.308 e. The Morgan fingerprint density at radius 3 is 3.05 bits per heavy atom. The average Bonchev–Trinajstić information content (AvgIpc) is 2.94. The van der Waals surface area contributed by atoms with Crippen molar-refractivity contribution in [2.75, 3.05) is 13.1 Å². The summed E-state index contributed by atoms with van der Waals surface area (Å²) < 4.78 is 0. The van der Waals surface area contributed by atoms with Gasteiger partial charge in [-0.15, -0.1) is 0 Å². The molecule has 2 aromatic rings. The van der Waals surface area contributed by atoms with E-state index in [-0.39, 0.29) is 12.5 Å². The van der Waals surface area contributed by atoms with Gasteiger partial charge in [0.1, 0.15) is 0 Å². The lowest BCUT2D eigenvalue weighted by atomic mass is 9.97. The van der Waals surface area contributed by atoms with Crippen molar-refractivity contribution in [3.63, 3.8) is 0 Å². The van der Waals surface area contributed by atoms with E-state index >= 15 is 0 Å². The van der Waals surface area contributed by atoms with E-state index in [2.05, 4.69) is 9.97 Å². The van der Waals surface area contributed by atoms with Crippen LogP contribution in [-0.4, -0.2) is 44.9 Å². The number of nitrogens with zero attached hydrogens (tertiary/aromatic N) is 2. The molecule has 6 nitrogen and oxygen atoms in total. The van der Waals surface area contributed by atoms with Gasteiger partial charge >= 0.3 is 5.97 Å². The second-order valence-corrected chi connectivity index (χ2v) is 5.06. The smallest absolute Gasteiger partial charge is 0.308 e. The van der Waals surface area contributed by atoms with Crippen molar-refractivity contribution >= 4 is 22.9 Å². The number of aromatic nitrogens is 2. The molecular weight excluding hydrogens is 258 g/mol. The van der Waals surface area contributed by atoms with E-state index < -0.39 is 11.9 Å². The number of hydrogen-bond acceptors (Lipinski definition) is 3. The number of carbonyl (C=O) groups is 2. The van der Waals surface area contributed by atoms with E-state index in [0.29, 0.717) is 18.5 Å². The minimum atomic E-state index is -0.827. The molecule has 0 radical (unpaired) electrons. The number of likely N-dealkylation sites (tertiary alicyclic amines) is 1. The molecule has 104 valence electrons. The Morgan fingerprint density at radius 2 is 2.25 bits per heavy atom. The topological polar surface area (TPSA) is 86.3 Å². The van der Waals surface area contributed by atoms with Crippen molar-refractivity contribution in [2.24, 2.45) is 5.92 Å². The Labute approximate surface area is 115 Å². The quantitative estimate of drug-likeness (QED) is 0.868. The predicted octanol–water partition coefficient (Wildman–Crippen LogP) is 1.50. The number of aromatic amines is 1. The predicted molar refractivity (Wildman–Crippen MR) is 72.4 cm³/mol. The number of rotatable bonds is 2. The molecule has 6 heteroatoms. The highest BCUT2D eigenvalue weighted by molar-refractivity contribution is 5.97. The van der Waals surface area contributed by atoms with Crippen LogP contribution < -0.4 is 0 Å². The fourth-order valence-corrected chi connectivity index (χ4v) is 2.61. The highest BCUT2D eigenvalue weighted by atomic mass is 16.4. The lowest BCUT2D eigenvalue weighted by Gasteiger charge is -2.30. The van der Waals surface area contributed by atoms with Crippen molar-refractivity contribution in [2.45, 2.75) is 12.8 Å². The first-order chi connectivity index (χ1) is 9.65. The lowest BCUT2D eigenvalue weighted by Crippen LogP contribution is -2.42. The van der Waals surface area contributed by atoms with Gasteiger partial charge in [-0.05, 0) is 31.0 Å². The number of nitrogens with one attached hydrogen (secondary N) is 1. The highest BCUT2D eigenvalue weighted by Gasteiger charge is 2.28. The van der Waals surface area contributed by atoms with Gasteiger partial charge in [0, 0.05) is 18.7 Å². The number of benzene rings is 1. The molecule has 0 bridgehead atoms. The van der Waals surface area contributed by atoms with Crippen molar-refractivity contribution in [1.82, 2.24) is 14.9 Å². The van der Waals surface area contributed by atoms with E-state index in [4.69, 9.17) is 5.11 Å². The molecule has 1 aromatic heterocycles. The molecule has 0 aliphatic carbocycles. The number of carboxylic acid groups (broad SMARTS) is 1. The largest absolute Gasteiger partial charge is 0.481 e. The lowest BCUT2D eigenvalue weighted by molar-refractivity contribution is -0.143. The first-order valence-corrected chi connectivity index (χ1v) is 6.60. The van der Waals surface area contributed by atoms with Gasteiger partial charge in [-0.1, -0.05) is 0 Å². The number of amides is 1. The summed E-state index contributed by atoms with van der Waals surface area (Å²) in [5, 5.41) is 9.07. The summed E-state index contributed by atoms with van der Waals surface area (Å²) in [7, 11) is 0. The van der Waals surface area contributed by atoms with E-state index in [0.717, 1.165) is 17.5 Å². The molecule has 0 unspecified atom stereocenters. The third-order valence-corrected chi connectivity index (χ3v) is 3.73. The number of H-pyrrole nitrogens is 1. The summed E-state index contributed by atoms with van der Waals surface area (Å²) in [6, 6.07) is 5.28. The maximum atomic E-state index is 12.4. The van der Waals surface area contributed by atoms with Gasteiger partial charge in [-0.2, -0.15) is 0 Å². The number of imidazole rings is 1. The molecule has 1 atom stereocenters. The molecule has 1 fully saturated rings. The molecule has 0 saturated carbocycles. The molecule has 0 spiro atoms. The Balaban J connectivity index is 1.82. The van der Waals surface area contributed by atoms with Crippen molar-refractivity contribution in [3.8, 4) is 0 Å². The van der Waals surface area contributed by atoms with E-state index in [9.17, 15) is 9.59 Å². The molecule has 20 heavy (non-hydrogen) atoms. The monoisotopic (exact) mass is 273 g/mol. The summed E-state index contributed by atoms with van der Waals surface area (Å²) in [5.41, 5.74) is 2.18. The van der Waals surface area contributed by atoms with Crippen LogP contribution >= 0.6 is 0 Å². The van der Waals surface area contributed by atoms with Crippen molar-refractivity contribution in [3.05, 3.63) is 30.1 Å². The second kappa shape index (κ2) is 4.96. The SMILES string of the molecule is O=C(O)[C@@H]1CCCN(C(=O)c2ccc3nc[nH]c3c2)C1. The summed E-state index contributed by atoms with van der Waals surface area (Å²) in [6.45, 7) is 0.902. The van der Waals surface area contributed by atoms with E-state index in [1.807, 2.05) is 0 Å². The number of piperidine rings is 1. The first-order valence-electron chi connectivity index (χ1n) is 6.60. The number of hydrogen-bond donors (Lipinski definition) is 2. The second-order valence-electron chi connectivity index (χ2n) is 5.06. The van der Waals surface area contributed by atoms with Gasteiger partial charge in [0.15, 0.2) is 0 Å². The van der Waals surface area contributed by atoms with Crippen LogP contribution in [0.2, 0.25) is 0 Å². The zero-order chi connectivity index (χ0) is 14.1. The number of fused-ring (bicyclic) bond motifs is 1. The first kappa shape index (κ1) is 12.7. The average molecular weight is 273 g/mol. The summed E-state index contributed by atoms with van der Waals surface area (Å²) in [6.07, 6.45) is 2.95. The zero-order valence-corrected chi connectivity index (χ0v) is 10.9. The van der Waals surface area contributed by atoms with Gasteiger partial charge in [0.2, 0.25) is 0 Å². The Kier molecular flexibility index (Phi) is 3.14. The third kappa shape index (κ3) is 2.24. The van der Waals surface area contributed by atoms with Gasteiger partial charge in [-0.3, -0.25) is 9.59 Å². The molecule has 1 saturated heterocycles. The van der Waals surface area contributed by atoms with Crippen LogP contribution in [0.25, 0.3) is 11.0 Å². The van der Waals surface area contributed by atoms with Gasteiger partial charge in [0.05, 0.1) is 23.3 Å². The number of aliphatic carboxylic acids is 1. The molecule has 2 N–H and O–H groups in total. The third-order valence-electron chi connectivity index (χ3n) is 3.73. The van der Waals surface area contributed by atoms with E-state index in [1.54, 1.807) is 29.4 Å². The standard InChI is InChI=1S/C14H15N3O3/c18-13(17-5-1-2-10(7-17)14(19)20)9-3-4-11-12(6-9)16-8-15-11/h3-4,6,8,10H,1-2,5,7H2,(H,15,16)(H,19,20)/t10-/m1/s1. The zero-order valence-electron chi connectivity index (χ0n) is 10.9. The molecular formula is C14H15N3O3. The summed E-state index contributed by atoms with van der Waals surface area (Å²) in [4.78, 5) is 32.2. The van der Waals surface area contributed by atoms with Crippen LogP contribution in [0.5, 0.6) is 0 Å². The fraction of sp³-hybridized carbons (Fsp3) is 0.357. The summed E-state index contributed by atoms with van der Waals surface area (Å²) in [5.74, 6) is -1.40. The van der Waals surface area contributed by atoms with E-state index in [1.165, 1.54) is 0 Å². The number of carbonyl (C=O) groups excluding carboxylic acids is 1. The van der Waals surface area contributed by atoms with Crippen molar-refractivity contribution < 1.29 is 14.7 Å². The Bertz CT molecular complexity index is 664. The van der Waals surface area contributed by atoms with Gasteiger partial charge in [0.25, 0.3) is 5.91 Å². The minimum absolute atomic E-state index is 0.118. The van der Waals surface area contributed by atoms with Crippen LogP contribution in [0.3, 0.4) is 0 Å².